The van der Waals surface area contributed by atoms with E-state index in [1.807, 2.05) is 24.3 Å². The Hall–Kier alpha value is -2.18. The third-order valence-corrected chi connectivity index (χ3v) is 4.47. The normalized spacial score (nSPS) is 13.3. The van der Waals surface area contributed by atoms with Crippen molar-refractivity contribution < 1.29 is 0 Å². The van der Waals surface area contributed by atoms with E-state index in [9.17, 15) is 5.26 Å². The van der Waals surface area contributed by atoms with E-state index in [1.165, 1.54) is 5.56 Å². The summed E-state index contributed by atoms with van der Waals surface area (Å²) in [5.74, 6) is 0. The number of nitrogens with zero attached hydrogens (tertiary/aromatic N) is 2. The molecule has 0 unspecified atom stereocenters. The molecule has 0 amide bonds. The minimum atomic E-state index is 0.948. The van der Waals surface area contributed by atoms with Crippen LogP contribution in [0.2, 0.25) is 0 Å². The summed E-state index contributed by atoms with van der Waals surface area (Å²) in [6, 6.07) is 16.5. The molecule has 1 heterocycles. The van der Waals surface area contributed by atoms with Gasteiger partial charge in [0.1, 0.15) is 0 Å². The summed E-state index contributed by atoms with van der Waals surface area (Å²) in [6.07, 6.45) is 4.54. The van der Waals surface area contributed by atoms with Crippen LogP contribution in [0.5, 0.6) is 0 Å². The molecule has 2 aromatic rings. The molecule has 0 spiro atoms. The Bertz CT molecular complexity index is 711. The highest BCUT2D eigenvalue weighted by Gasteiger charge is 2.21. The van der Waals surface area contributed by atoms with Gasteiger partial charge < -0.3 is 0 Å². The summed E-state index contributed by atoms with van der Waals surface area (Å²) in [5, 5.41) is 11.6. The van der Waals surface area contributed by atoms with Crippen molar-refractivity contribution in [3.05, 3.63) is 65.1 Å². The highest BCUT2D eigenvalue weighted by Crippen LogP contribution is 2.41. The van der Waals surface area contributed by atoms with E-state index >= 15 is 0 Å². The van der Waals surface area contributed by atoms with E-state index in [2.05, 4.69) is 42.8 Å². The van der Waals surface area contributed by atoms with Crippen LogP contribution < -0.4 is 4.90 Å². The summed E-state index contributed by atoms with van der Waals surface area (Å²) in [7, 11) is 0. The van der Waals surface area contributed by atoms with Crippen LogP contribution in [0.25, 0.3) is 5.70 Å². The second-order valence-corrected chi connectivity index (χ2v) is 5.88. The molecule has 2 aromatic carbocycles. The van der Waals surface area contributed by atoms with Crippen molar-refractivity contribution in [2.24, 2.45) is 0 Å². The quantitative estimate of drug-likeness (QED) is 0.742. The van der Waals surface area contributed by atoms with E-state index in [0.29, 0.717) is 0 Å². The highest BCUT2D eigenvalue weighted by atomic mass is 32.2. The van der Waals surface area contributed by atoms with Gasteiger partial charge in [-0.25, -0.2) is 4.90 Å². The van der Waals surface area contributed by atoms with Crippen molar-refractivity contribution in [3.63, 3.8) is 0 Å². The minimum Gasteiger partial charge on any atom is -0.245 e. The number of benzene rings is 2. The van der Waals surface area contributed by atoms with Crippen LogP contribution in [-0.4, -0.2) is 0 Å². The minimum absolute atomic E-state index is 0.948. The predicted octanol–water partition coefficient (Wildman–Crippen LogP) is 5.03. The Balaban J connectivity index is 1.96. The fraction of sp³-hybridized carbons (Fsp3) is 0.167. The van der Waals surface area contributed by atoms with Crippen molar-refractivity contribution in [3.8, 4) is 6.19 Å². The summed E-state index contributed by atoms with van der Waals surface area (Å²) in [4.78, 5) is 2.83. The first-order valence-corrected chi connectivity index (χ1v) is 7.96. The van der Waals surface area contributed by atoms with Crippen LogP contribution in [0, 0.1) is 11.5 Å². The third kappa shape index (κ3) is 2.68. The first-order valence-electron chi connectivity index (χ1n) is 7.08. The lowest BCUT2D eigenvalue weighted by Crippen LogP contribution is -2.17. The number of rotatable bonds is 3. The Morgan fingerprint density at radius 1 is 1.10 bits per heavy atom. The Morgan fingerprint density at radius 3 is 2.57 bits per heavy atom. The smallest absolute Gasteiger partial charge is 0.189 e. The topological polar surface area (TPSA) is 27.0 Å². The lowest BCUT2D eigenvalue weighted by Gasteiger charge is -2.25. The molecule has 0 aliphatic carbocycles. The molecule has 1 aliphatic heterocycles. The van der Waals surface area contributed by atoms with Gasteiger partial charge in [0.05, 0.1) is 11.4 Å². The Morgan fingerprint density at radius 2 is 1.86 bits per heavy atom. The van der Waals surface area contributed by atoms with Gasteiger partial charge in [0, 0.05) is 10.3 Å². The molecule has 0 atom stereocenters. The van der Waals surface area contributed by atoms with Gasteiger partial charge in [-0.1, -0.05) is 61.5 Å². The van der Waals surface area contributed by atoms with Gasteiger partial charge in [0.2, 0.25) is 0 Å². The van der Waals surface area contributed by atoms with Crippen LogP contribution in [0.15, 0.2) is 58.8 Å². The molecule has 3 heteroatoms. The summed E-state index contributed by atoms with van der Waals surface area (Å²) in [5.41, 5.74) is 4.33. The number of aryl methyl sites for hydroxylation is 1. The van der Waals surface area contributed by atoms with Crippen molar-refractivity contribution in [2.45, 2.75) is 24.7 Å². The average Bonchev–Trinajstić information content (AvgIpc) is 2.55. The maximum Gasteiger partial charge on any atom is 0.189 e. The molecule has 0 N–H and O–H groups in total. The van der Waals surface area contributed by atoms with E-state index in [0.717, 1.165) is 34.7 Å². The number of anilines is 1. The average molecular weight is 292 g/mol. The van der Waals surface area contributed by atoms with E-state index in [1.54, 1.807) is 16.7 Å². The number of para-hydroxylation sites is 1. The van der Waals surface area contributed by atoms with Crippen LogP contribution in [0.3, 0.4) is 0 Å². The zero-order valence-electron chi connectivity index (χ0n) is 11.9. The number of nitriles is 1. The molecule has 0 fully saturated rings. The lowest BCUT2D eigenvalue weighted by molar-refractivity contribution is 0.921. The van der Waals surface area contributed by atoms with Gasteiger partial charge >= 0.3 is 0 Å². The molecular weight excluding hydrogens is 276 g/mol. The van der Waals surface area contributed by atoms with Gasteiger partial charge in [-0.2, -0.15) is 5.26 Å². The number of hydrogen-bond donors (Lipinski definition) is 0. The molecule has 2 nitrogen and oxygen atoms in total. The summed E-state index contributed by atoms with van der Waals surface area (Å²) in [6.45, 7) is 2.18. The lowest BCUT2D eigenvalue weighted by atomic mass is 10.1. The zero-order chi connectivity index (χ0) is 14.7. The van der Waals surface area contributed by atoms with E-state index in [4.69, 9.17) is 0 Å². The Labute approximate surface area is 129 Å². The van der Waals surface area contributed by atoms with Gasteiger partial charge in [-0.3, -0.25) is 0 Å². The second kappa shape index (κ2) is 6.07. The largest absolute Gasteiger partial charge is 0.245 e. The monoisotopic (exact) mass is 292 g/mol. The molecule has 104 valence electrons. The molecule has 0 radical (unpaired) electrons. The molecule has 21 heavy (non-hydrogen) atoms. The van der Waals surface area contributed by atoms with Gasteiger partial charge in [-0.15, -0.1) is 0 Å². The van der Waals surface area contributed by atoms with Gasteiger partial charge in [-0.05, 0) is 29.7 Å². The third-order valence-electron chi connectivity index (χ3n) is 3.53. The molecular formula is C18H16N2S. The van der Waals surface area contributed by atoms with Crippen molar-refractivity contribution in [1.29, 1.82) is 5.26 Å². The zero-order valence-corrected chi connectivity index (χ0v) is 12.7. The van der Waals surface area contributed by atoms with Crippen LogP contribution in [0.1, 0.15) is 24.5 Å². The maximum absolute atomic E-state index is 9.53. The molecule has 0 bridgehead atoms. The highest BCUT2D eigenvalue weighted by molar-refractivity contribution is 8.02. The maximum atomic E-state index is 9.53. The molecule has 0 aromatic heterocycles. The second-order valence-electron chi connectivity index (χ2n) is 4.97. The van der Waals surface area contributed by atoms with Crippen LogP contribution in [-0.2, 0) is 6.42 Å². The first kappa shape index (κ1) is 13.8. The fourth-order valence-corrected chi connectivity index (χ4v) is 3.40. The van der Waals surface area contributed by atoms with Crippen molar-refractivity contribution in [1.82, 2.24) is 0 Å². The summed E-state index contributed by atoms with van der Waals surface area (Å²) >= 11 is 1.67. The molecule has 1 aliphatic rings. The Kier molecular flexibility index (Phi) is 3.98. The van der Waals surface area contributed by atoms with E-state index < -0.39 is 0 Å². The fourth-order valence-electron chi connectivity index (χ4n) is 2.48. The van der Waals surface area contributed by atoms with Crippen molar-refractivity contribution >= 4 is 23.1 Å². The standard InChI is InChI=1S/C18H16N2S/c1-2-5-14-8-10-15(11-9-14)17-12-21-18-7-4-3-6-16(18)20(17)13-19/h3-4,6-12H,2,5H2,1H3. The first-order chi connectivity index (χ1) is 10.3. The molecule has 0 saturated heterocycles. The van der Waals surface area contributed by atoms with Crippen LogP contribution >= 0.6 is 11.8 Å². The summed E-state index contributed by atoms with van der Waals surface area (Å²) < 4.78 is 0. The van der Waals surface area contributed by atoms with Crippen molar-refractivity contribution in [2.75, 3.05) is 4.90 Å². The predicted molar refractivity (Wildman–Crippen MR) is 88.8 cm³/mol. The number of thioether (sulfide) groups is 1. The van der Waals surface area contributed by atoms with E-state index in [-0.39, 0.29) is 0 Å². The van der Waals surface area contributed by atoms with Crippen LogP contribution in [0.4, 0.5) is 5.69 Å². The van der Waals surface area contributed by atoms with Gasteiger partial charge in [0.15, 0.2) is 6.19 Å². The number of hydrogen-bond acceptors (Lipinski definition) is 3. The molecule has 3 rings (SSSR count). The van der Waals surface area contributed by atoms with Gasteiger partial charge in [0.25, 0.3) is 0 Å². The molecule has 0 saturated carbocycles. The SMILES string of the molecule is CCCc1ccc(C2=CSc3ccccc3N2C#N)cc1. The number of fused-ring (bicyclic) bond motifs is 1.